The van der Waals surface area contributed by atoms with Crippen molar-refractivity contribution in [1.29, 1.82) is 0 Å². The van der Waals surface area contributed by atoms with Crippen molar-refractivity contribution in [3.8, 4) is 0 Å². The van der Waals surface area contributed by atoms with E-state index in [0.29, 0.717) is 26.7 Å². The second-order valence-corrected chi connectivity index (χ2v) is 16.0. The van der Waals surface area contributed by atoms with E-state index in [1.54, 1.807) is 0 Å². The van der Waals surface area contributed by atoms with Crippen molar-refractivity contribution < 1.29 is 68.0 Å². The van der Waals surface area contributed by atoms with E-state index >= 15 is 0 Å². The van der Waals surface area contributed by atoms with E-state index in [-0.39, 0.29) is 0 Å². The molecule has 0 aromatic carbocycles. The van der Waals surface area contributed by atoms with Crippen LogP contribution in [0.15, 0.2) is 0 Å². The normalized spacial score (nSPS) is 16.0. The first-order chi connectivity index (χ1) is 13.1. The van der Waals surface area contributed by atoms with Gasteiger partial charge in [-0.2, -0.15) is 0 Å². The van der Waals surface area contributed by atoms with Gasteiger partial charge in [0.15, 0.2) is 0 Å². The molecule has 0 saturated carbocycles. The molecule has 0 fully saturated rings. The first-order valence-corrected chi connectivity index (χ1v) is 15.5. The second kappa shape index (κ2) is 9.18. The third-order valence-corrected chi connectivity index (χ3v) is 8.35. The molecule has 0 aromatic heterocycles. The Morgan fingerprint density at radius 2 is 0.742 bits per heavy atom. The maximum atomic E-state index is 13.3. The minimum atomic E-state index is -6.40. The van der Waals surface area contributed by atoms with Crippen LogP contribution in [0.3, 0.4) is 0 Å². The van der Waals surface area contributed by atoms with Gasteiger partial charge < -0.3 is 0 Å². The Labute approximate surface area is 179 Å². The Balaban J connectivity index is 6.43. The van der Waals surface area contributed by atoms with Crippen LogP contribution in [0, 0.1) is 0 Å². The van der Waals surface area contributed by atoms with Crippen molar-refractivity contribution in [3.05, 3.63) is 0 Å². The van der Waals surface area contributed by atoms with Gasteiger partial charge in [-0.05, 0) is 0 Å². The molecule has 0 aliphatic carbocycles. The van der Waals surface area contributed by atoms with Gasteiger partial charge in [-0.1, -0.05) is 0 Å². The molecule has 0 aromatic rings. The third kappa shape index (κ3) is 7.68. The fraction of sp³-hybridized carbons (Fsp3) is 1.00. The van der Waals surface area contributed by atoms with Crippen molar-refractivity contribution in [2.75, 3.05) is 39.0 Å². The summed E-state index contributed by atoms with van der Waals surface area (Å²) in [7, 11) is -8.48. The van der Waals surface area contributed by atoms with Crippen LogP contribution in [0.2, 0.25) is 0 Å². The Hall–Kier alpha value is 0.339. The zero-order chi connectivity index (χ0) is 25.5. The number of hydrogen-bond donors (Lipinski definition) is 0. The van der Waals surface area contributed by atoms with Crippen molar-refractivity contribution in [2.24, 2.45) is 0 Å². The zero-order valence-electron chi connectivity index (χ0n) is 16.0. The van der Waals surface area contributed by atoms with E-state index in [2.05, 4.69) is 6.15 Å². The van der Waals surface area contributed by atoms with Crippen molar-refractivity contribution in [2.45, 2.75) is 35.9 Å². The maximum absolute atomic E-state index is 13.3. The quantitative estimate of drug-likeness (QED) is 0.201. The molecule has 186 valence electrons. The van der Waals surface area contributed by atoms with E-state index in [1.807, 2.05) is 0 Å². The molecule has 0 N–H and O–H groups in total. The summed E-state index contributed by atoms with van der Waals surface area (Å²) in [6, 6.07) is 0. The molecule has 0 unspecified atom stereocenters. The van der Waals surface area contributed by atoms with Gasteiger partial charge >= 0.3 is 179 Å². The van der Waals surface area contributed by atoms with Crippen molar-refractivity contribution in [3.63, 3.8) is 0 Å². The molecule has 0 aliphatic rings. The average molecular weight is 633 g/mol. The molecular weight excluding hydrogens is 617 g/mol. The Morgan fingerprint density at radius 3 is 0.871 bits per heavy atom. The second-order valence-electron chi connectivity index (χ2n) is 7.40. The van der Waals surface area contributed by atoms with Gasteiger partial charge in [-0.25, -0.2) is 0 Å². The monoisotopic (exact) mass is 634 g/mol. The van der Waals surface area contributed by atoms with Crippen LogP contribution in [0.5, 0.6) is 0 Å². The summed E-state index contributed by atoms with van der Waals surface area (Å²) in [5.74, 6) is 0. The Kier molecular flexibility index (Phi) is 9.28. The molecular formula is C12H16F12O4P2Sn. The molecule has 19 heteroatoms. The van der Waals surface area contributed by atoms with Gasteiger partial charge in [0, 0.05) is 0 Å². The SMILES string of the molecule is CP(C)(=O)CC([O][Sn][O]C(CP(C)(C)=O)(C(F)(F)F)C(F)(F)F)(C(F)(F)F)C(F)(F)F. The number of rotatable bonds is 8. The van der Waals surface area contributed by atoms with E-state index in [9.17, 15) is 61.8 Å². The summed E-state index contributed by atoms with van der Waals surface area (Å²) in [5, 5.41) is 0. The molecule has 0 bridgehead atoms. The fourth-order valence-electron chi connectivity index (χ4n) is 2.21. The number of hydrogen-bond acceptors (Lipinski definition) is 4. The Morgan fingerprint density at radius 1 is 0.548 bits per heavy atom. The summed E-state index contributed by atoms with van der Waals surface area (Å²) >= 11 is -4.73. The third-order valence-electron chi connectivity index (χ3n) is 3.47. The van der Waals surface area contributed by atoms with Crippen LogP contribution in [0.4, 0.5) is 52.7 Å². The van der Waals surface area contributed by atoms with Crippen LogP contribution in [-0.2, 0) is 15.3 Å². The van der Waals surface area contributed by atoms with Crippen LogP contribution in [-0.4, -0.2) is 96.9 Å². The van der Waals surface area contributed by atoms with E-state index in [4.69, 9.17) is 0 Å². The molecule has 0 aliphatic heterocycles. The van der Waals surface area contributed by atoms with E-state index in [0.717, 1.165) is 0 Å². The van der Waals surface area contributed by atoms with E-state index < -0.39 is 84.5 Å². The first-order valence-electron chi connectivity index (χ1n) is 7.58. The van der Waals surface area contributed by atoms with Crippen LogP contribution >= 0.6 is 14.3 Å². The molecule has 0 rings (SSSR count). The molecule has 0 heterocycles. The summed E-state index contributed by atoms with van der Waals surface area (Å²) in [4.78, 5) is 0. The minimum absolute atomic E-state index is 0.495. The van der Waals surface area contributed by atoms with Gasteiger partial charge in [-0.3, -0.25) is 0 Å². The average Bonchev–Trinajstić information content (AvgIpc) is 2.36. The predicted molar refractivity (Wildman–Crippen MR) is 86.2 cm³/mol. The van der Waals surface area contributed by atoms with Crippen LogP contribution in [0.1, 0.15) is 0 Å². The number of halogens is 12. The van der Waals surface area contributed by atoms with Gasteiger partial charge in [0.05, 0.1) is 0 Å². The van der Waals surface area contributed by atoms with Gasteiger partial charge in [0.25, 0.3) is 0 Å². The molecule has 0 saturated heterocycles. The molecule has 31 heavy (non-hydrogen) atoms. The molecule has 2 radical (unpaired) electrons. The van der Waals surface area contributed by atoms with Crippen molar-refractivity contribution in [1.82, 2.24) is 0 Å². The van der Waals surface area contributed by atoms with Gasteiger partial charge in [-0.15, -0.1) is 0 Å². The van der Waals surface area contributed by atoms with E-state index in [1.165, 1.54) is 0 Å². The summed E-state index contributed by atoms with van der Waals surface area (Å²) < 4.78 is 190. The van der Waals surface area contributed by atoms with Gasteiger partial charge in [0.2, 0.25) is 0 Å². The molecule has 0 spiro atoms. The molecule has 0 amide bonds. The zero-order valence-corrected chi connectivity index (χ0v) is 20.6. The summed E-state index contributed by atoms with van der Waals surface area (Å²) in [6.07, 6.45) is -30.2. The predicted octanol–water partition coefficient (Wildman–Crippen LogP) is 5.53. The van der Waals surface area contributed by atoms with Gasteiger partial charge in [0.1, 0.15) is 0 Å². The number of alkyl halides is 12. The van der Waals surface area contributed by atoms with Crippen molar-refractivity contribution >= 4 is 36.3 Å². The molecule has 4 nitrogen and oxygen atoms in total. The molecule has 0 atom stereocenters. The standard InChI is InChI=1S/2C6H8F6O2P.Sn/c2*1-15(2,14)3-4(13,5(7,8)9)6(10,11)12;/h2*3H2,1-2H3;/q2*-1;+2. The fourth-order valence-corrected chi connectivity index (χ4v) is 8.56. The summed E-state index contributed by atoms with van der Waals surface area (Å²) in [6.45, 7) is 1.98. The Bertz CT molecular complexity index is 627. The summed E-state index contributed by atoms with van der Waals surface area (Å²) in [5.41, 5.74) is -10.6. The first kappa shape index (κ1) is 31.3. The van der Waals surface area contributed by atoms with Crippen LogP contribution in [0.25, 0.3) is 0 Å². The topological polar surface area (TPSA) is 52.6 Å². The van der Waals surface area contributed by atoms with Crippen LogP contribution < -0.4 is 0 Å².